The van der Waals surface area contributed by atoms with Gasteiger partial charge >= 0.3 is 0 Å². The van der Waals surface area contributed by atoms with Gasteiger partial charge in [-0.15, -0.1) is 0 Å². The summed E-state index contributed by atoms with van der Waals surface area (Å²) in [4.78, 5) is 4.70. The van der Waals surface area contributed by atoms with Crippen LogP contribution in [-0.4, -0.2) is 0 Å². The summed E-state index contributed by atoms with van der Waals surface area (Å²) < 4.78 is 6.75. The van der Waals surface area contributed by atoms with E-state index in [-0.39, 0.29) is 0 Å². The fraction of sp³-hybridized carbons (Fsp3) is 0. The molecule has 0 amide bonds. The number of anilines is 6. The van der Waals surface area contributed by atoms with Gasteiger partial charge in [-0.1, -0.05) is 152 Å². The molecule has 1 heterocycles. The van der Waals surface area contributed by atoms with Crippen LogP contribution in [0.25, 0.3) is 65.4 Å². The Labute approximate surface area is 330 Å². The number of rotatable bonds is 7. The molecular formula is C54H36N2O. The molecule has 0 unspecified atom stereocenters. The lowest BCUT2D eigenvalue weighted by atomic mass is 9.95. The van der Waals surface area contributed by atoms with Crippen LogP contribution in [0.2, 0.25) is 0 Å². The van der Waals surface area contributed by atoms with E-state index in [1.54, 1.807) is 0 Å². The van der Waals surface area contributed by atoms with Gasteiger partial charge in [-0.2, -0.15) is 0 Å². The highest BCUT2D eigenvalue weighted by molar-refractivity contribution is 6.28. The molecular weight excluding hydrogens is 693 g/mol. The van der Waals surface area contributed by atoms with Gasteiger partial charge in [0.1, 0.15) is 11.2 Å². The molecule has 0 aliphatic rings. The first-order valence-electron chi connectivity index (χ1n) is 19.4. The van der Waals surface area contributed by atoms with Crippen LogP contribution in [0.1, 0.15) is 0 Å². The SMILES string of the molecule is c1ccc(N(c2ccccc2)c2ccc(-c3ccc(N(c4ccccc4)c4cc5oc6ccc7ccccc7c6c5c5ccccc45)c4ccccc34)cc2)cc1. The highest BCUT2D eigenvalue weighted by Crippen LogP contribution is 2.48. The van der Waals surface area contributed by atoms with Gasteiger partial charge in [0.05, 0.1) is 11.4 Å². The van der Waals surface area contributed by atoms with Gasteiger partial charge in [0, 0.05) is 50.4 Å². The van der Waals surface area contributed by atoms with Crippen LogP contribution in [0.15, 0.2) is 223 Å². The molecule has 11 rings (SSSR count). The van der Waals surface area contributed by atoms with Crippen LogP contribution < -0.4 is 9.80 Å². The lowest BCUT2D eigenvalue weighted by Crippen LogP contribution is -2.11. The second-order valence-corrected chi connectivity index (χ2v) is 14.5. The molecule has 0 N–H and O–H groups in total. The summed E-state index contributed by atoms with van der Waals surface area (Å²) in [5.41, 5.74) is 10.7. The lowest BCUT2D eigenvalue weighted by molar-refractivity contribution is 0.669. The van der Waals surface area contributed by atoms with Crippen molar-refractivity contribution in [2.75, 3.05) is 9.80 Å². The van der Waals surface area contributed by atoms with Crippen LogP contribution in [0.3, 0.4) is 0 Å². The van der Waals surface area contributed by atoms with E-state index >= 15 is 0 Å². The van der Waals surface area contributed by atoms with Crippen LogP contribution in [0.5, 0.6) is 0 Å². The first-order chi connectivity index (χ1) is 28.3. The largest absolute Gasteiger partial charge is 0.456 e. The van der Waals surface area contributed by atoms with Gasteiger partial charge in [0.15, 0.2) is 0 Å². The van der Waals surface area contributed by atoms with E-state index in [2.05, 4.69) is 228 Å². The molecule has 0 saturated carbocycles. The van der Waals surface area contributed by atoms with Crippen LogP contribution in [0.4, 0.5) is 34.1 Å². The van der Waals surface area contributed by atoms with Crippen molar-refractivity contribution in [3.8, 4) is 11.1 Å². The van der Waals surface area contributed by atoms with Gasteiger partial charge in [0.25, 0.3) is 0 Å². The first kappa shape index (κ1) is 32.8. The summed E-state index contributed by atoms with van der Waals surface area (Å²) in [5.74, 6) is 0. The van der Waals surface area contributed by atoms with E-state index < -0.39 is 0 Å². The maximum Gasteiger partial charge on any atom is 0.138 e. The number of para-hydroxylation sites is 3. The highest BCUT2D eigenvalue weighted by Gasteiger charge is 2.23. The molecule has 0 spiro atoms. The van der Waals surface area contributed by atoms with Crippen molar-refractivity contribution in [1.82, 2.24) is 0 Å². The van der Waals surface area contributed by atoms with Gasteiger partial charge < -0.3 is 14.2 Å². The van der Waals surface area contributed by atoms with Gasteiger partial charge in [-0.3, -0.25) is 0 Å². The molecule has 0 saturated heterocycles. The van der Waals surface area contributed by atoms with E-state index in [0.717, 1.165) is 72.4 Å². The van der Waals surface area contributed by atoms with Crippen molar-refractivity contribution >= 4 is 88.4 Å². The molecule has 1 aromatic heterocycles. The summed E-state index contributed by atoms with van der Waals surface area (Å²) in [6.07, 6.45) is 0. The number of benzene rings is 10. The third kappa shape index (κ3) is 5.51. The standard InChI is InChI=1S/C54H36N2O/c1-4-17-39(18-5-1)55(40-19-6-2-7-20-40)42-31-28-38(29-32-42)43-33-34-49(46-25-13-12-24-45(43)46)56(41-21-8-3-9-22-41)50-36-52-54(48-27-15-14-26-47(48)50)53-44-23-11-10-16-37(44)30-35-51(53)57-52/h1-36H. The lowest BCUT2D eigenvalue weighted by Gasteiger charge is -2.29. The zero-order valence-corrected chi connectivity index (χ0v) is 31.1. The minimum absolute atomic E-state index is 0.872. The number of furan rings is 1. The quantitative estimate of drug-likeness (QED) is 0.163. The topological polar surface area (TPSA) is 19.6 Å². The van der Waals surface area contributed by atoms with E-state index in [1.165, 1.54) is 27.1 Å². The molecule has 11 aromatic rings. The summed E-state index contributed by atoms with van der Waals surface area (Å²) in [7, 11) is 0. The number of hydrogen-bond acceptors (Lipinski definition) is 3. The normalized spacial score (nSPS) is 11.5. The molecule has 0 atom stereocenters. The monoisotopic (exact) mass is 728 g/mol. The summed E-state index contributed by atoms with van der Waals surface area (Å²) in [5, 5.41) is 9.40. The van der Waals surface area contributed by atoms with Crippen LogP contribution in [-0.2, 0) is 0 Å². The van der Waals surface area contributed by atoms with E-state index in [1.807, 2.05) is 0 Å². The summed E-state index contributed by atoms with van der Waals surface area (Å²) in [6, 6.07) is 77.9. The Morgan fingerprint density at radius 3 is 1.44 bits per heavy atom. The van der Waals surface area contributed by atoms with Crippen molar-refractivity contribution in [3.05, 3.63) is 218 Å². The Kier molecular flexibility index (Phi) is 7.82. The molecule has 0 aliphatic carbocycles. The molecule has 3 heteroatoms. The molecule has 0 radical (unpaired) electrons. The molecule has 268 valence electrons. The number of fused-ring (bicyclic) bond motifs is 8. The van der Waals surface area contributed by atoms with Crippen molar-refractivity contribution in [2.45, 2.75) is 0 Å². The van der Waals surface area contributed by atoms with Crippen molar-refractivity contribution < 1.29 is 4.42 Å². The highest BCUT2D eigenvalue weighted by atomic mass is 16.3. The molecule has 0 bridgehead atoms. The minimum atomic E-state index is 0.872. The summed E-state index contributed by atoms with van der Waals surface area (Å²) in [6.45, 7) is 0. The van der Waals surface area contributed by atoms with Crippen molar-refractivity contribution in [3.63, 3.8) is 0 Å². The van der Waals surface area contributed by atoms with Crippen LogP contribution in [0, 0.1) is 0 Å². The first-order valence-corrected chi connectivity index (χ1v) is 19.4. The zero-order valence-electron chi connectivity index (χ0n) is 31.1. The molecule has 10 aromatic carbocycles. The predicted molar refractivity (Wildman–Crippen MR) is 241 cm³/mol. The second kappa shape index (κ2) is 13.6. The van der Waals surface area contributed by atoms with E-state index in [4.69, 9.17) is 4.42 Å². The summed E-state index contributed by atoms with van der Waals surface area (Å²) >= 11 is 0. The zero-order chi connectivity index (χ0) is 37.7. The van der Waals surface area contributed by atoms with E-state index in [9.17, 15) is 0 Å². The third-order valence-electron chi connectivity index (χ3n) is 11.2. The molecule has 3 nitrogen and oxygen atoms in total. The smallest absolute Gasteiger partial charge is 0.138 e. The third-order valence-corrected chi connectivity index (χ3v) is 11.2. The molecule has 57 heavy (non-hydrogen) atoms. The Morgan fingerprint density at radius 1 is 0.298 bits per heavy atom. The average Bonchev–Trinajstić information content (AvgIpc) is 3.68. The number of nitrogens with zero attached hydrogens (tertiary/aromatic N) is 2. The molecule has 0 fully saturated rings. The maximum absolute atomic E-state index is 6.75. The molecule has 0 aliphatic heterocycles. The Balaban J connectivity index is 1.09. The van der Waals surface area contributed by atoms with Crippen LogP contribution >= 0.6 is 0 Å². The fourth-order valence-electron chi connectivity index (χ4n) is 8.67. The van der Waals surface area contributed by atoms with Gasteiger partial charge in [0.2, 0.25) is 0 Å². The average molecular weight is 729 g/mol. The number of hydrogen-bond donors (Lipinski definition) is 0. The Bertz CT molecular complexity index is 3190. The fourth-order valence-corrected chi connectivity index (χ4v) is 8.67. The van der Waals surface area contributed by atoms with Crippen molar-refractivity contribution in [1.29, 1.82) is 0 Å². The van der Waals surface area contributed by atoms with Gasteiger partial charge in [-0.25, -0.2) is 0 Å². The van der Waals surface area contributed by atoms with Gasteiger partial charge in [-0.05, 0) is 93.3 Å². The second-order valence-electron chi connectivity index (χ2n) is 14.5. The predicted octanol–water partition coefficient (Wildman–Crippen LogP) is 15.7. The Hall–Kier alpha value is -7.62. The van der Waals surface area contributed by atoms with E-state index in [0.29, 0.717) is 0 Å². The Morgan fingerprint density at radius 2 is 0.789 bits per heavy atom. The van der Waals surface area contributed by atoms with Crippen molar-refractivity contribution in [2.24, 2.45) is 0 Å². The maximum atomic E-state index is 6.75. The minimum Gasteiger partial charge on any atom is -0.456 e.